The number of amides is 1. The lowest BCUT2D eigenvalue weighted by atomic mass is 10.1. The van der Waals surface area contributed by atoms with Crippen molar-refractivity contribution in [3.8, 4) is 17.0 Å². The minimum Gasteiger partial charge on any atom is -0.484 e. The smallest absolute Gasteiger partial charge is 0.260 e. The summed E-state index contributed by atoms with van der Waals surface area (Å²) in [6, 6.07) is 21.9. The van der Waals surface area contributed by atoms with E-state index in [0.29, 0.717) is 13.1 Å². The maximum atomic E-state index is 12.7. The van der Waals surface area contributed by atoms with Gasteiger partial charge in [0, 0.05) is 56.6 Å². The Bertz CT molecular complexity index is 1030. The second kappa shape index (κ2) is 10.8. The Labute approximate surface area is 195 Å². The third-order valence-electron chi connectivity index (χ3n) is 5.98. The lowest BCUT2D eigenvalue weighted by molar-refractivity contribution is -0.133. The summed E-state index contributed by atoms with van der Waals surface area (Å²) >= 11 is 0. The van der Waals surface area contributed by atoms with E-state index < -0.39 is 0 Å². The normalized spacial score (nSPS) is 13.6. The van der Waals surface area contributed by atoms with Crippen molar-refractivity contribution in [1.29, 1.82) is 0 Å². The highest BCUT2D eigenvalue weighted by Crippen LogP contribution is 2.22. The number of benzene rings is 2. The number of nitrogens with zero attached hydrogens (tertiary/aromatic N) is 5. The number of hydrogen-bond donors (Lipinski definition) is 0. The van der Waals surface area contributed by atoms with Crippen LogP contribution in [0, 0.1) is 0 Å². The number of ether oxygens (including phenoxy) is 1. The van der Waals surface area contributed by atoms with Crippen molar-refractivity contribution in [1.82, 2.24) is 15.1 Å². The number of anilines is 2. The second-order valence-corrected chi connectivity index (χ2v) is 7.97. The first kappa shape index (κ1) is 22.6. The van der Waals surface area contributed by atoms with E-state index in [1.165, 1.54) is 0 Å². The lowest BCUT2D eigenvalue weighted by Gasteiger charge is -2.35. The van der Waals surface area contributed by atoms with Gasteiger partial charge < -0.3 is 19.4 Å². The van der Waals surface area contributed by atoms with Crippen molar-refractivity contribution in [3.05, 3.63) is 66.7 Å². The number of carbonyl (C=O) groups is 1. The topological polar surface area (TPSA) is 61.8 Å². The maximum absolute atomic E-state index is 12.7. The lowest BCUT2D eigenvalue weighted by Crippen LogP contribution is -2.50. The molecular formula is C26H31N5O2. The van der Waals surface area contributed by atoms with Gasteiger partial charge in [-0.2, -0.15) is 0 Å². The molecular weight excluding hydrogens is 414 g/mol. The zero-order chi connectivity index (χ0) is 23.0. The minimum atomic E-state index is 0.00778. The summed E-state index contributed by atoms with van der Waals surface area (Å²) < 4.78 is 5.81. The molecule has 0 bridgehead atoms. The van der Waals surface area contributed by atoms with Crippen LogP contribution < -0.4 is 14.5 Å². The molecule has 2 aromatic carbocycles. The average molecular weight is 446 g/mol. The van der Waals surface area contributed by atoms with Crippen LogP contribution in [0.5, 0.6) is 5.75 Å². The van der Waals surface area contributed by atoms with E-state index >= 15 is 0 Å². The Balaban J connectivity index is 1.27. The van der Waals surface area contributed by atoms with Crippen LogP contribution in [0.25, 0.3) is 11.3 Å². The standard InChI is InChI=1S/C26H31N5O2/c1-3-29(4-2)22-11-8-12-23(19-22)33-20-26(32)31-17-15-30(16-18-31)25-14-13-24(27-28-25)21-9-6-5-7-10-21/h5-14,19H,3-4,15-18,20H2,1-2H3. The molecule has 3 aromatic rings. The van der Waals surface area contributed by atoms with Crippen LogP contribution in [0.4, 0.5) is 11.5 Å². The van der Waals surface area contributed by atoms with Gasteiger partial charge in [-0.3, -0.25) is 4.79 Å². The highest BCUT2D eigenvalue weighted by molar-refractivity contribution is 5.78. The van der Waals surface area contributed by atoms with Gasteiger partial charge in [0.2, 0.25) is 0 Å². The fraction of sp³-hybridized carbons (Fsp3) is 0.346. The Kier molecular flexibility index (Phi) is 7.40. The van der Waals surface area contributed by atoms with Crippen LogP contribution in [0.2, 0.25) is 0 Å². The molecule has 33 heavy (non-hydrogen) atoms. The monoisotopic (exact) mass is 445 g/mol. The Morgan fingerprint density at radius 2 is 1.67 bits per heavy atom. The predicted octanol–water partition coefficient (Wildman–Crippen LogP) is 3.72. The third-order valence-corrected chi connectivity index (χ3v) is 5.98. The number of aromatic nitrogens is 2. The molecule has 1 aliphatic heterocycles. The average Bonchev–Trinajstić information content (AvgIpc) is 2.89. The molecule has 0 saturated carbocycles. The molecule has 0 radical (unpaired) electrons. The molecule has 4 rings (SSSR count). The van der Waals surface area contributed by atoms with E-state index in [0.717, 1.165) is 54.7 Å². The fourth-order valence-corrected chi connectivity index (χ4v) is 4.04. The number of piperazine rings is 1. The number of rotatable bonds is 8. The van der Waals surface area contributed by atoms with Gasteiger partial charge in [0.15, 0.2) is 12.4 Å². The number of hydrogen-bond acceptors (Lipinski definition) is 6. The van der Waals surface area contributed by atoms with E-state index in [1.807, 2.05) is 65.6 Å². The molecule has 1 aromatic heterocycles. The van der Waals surface area contributed by atoms with Crippen LogP contribution in [0.3, 0.4) is 0 Å². The Hall–Kier alpha value is -3.61. The van der Waals surface area contributed by atoms with Crippen molar-refractivity contribution >= 4 is 17.4 Å². The van der Waals surface area contributed by atoms with Gasteiger partial charge in [-0.25, -0.2) is 0 Å². The molecule has 1 aliphatic rings. The molecule has 1 amide bonds. The van der Waals surface area contributed by atoms with Crippen molar-refractivity contribution < 1.29 is 9.53 Å². The molecule has 1 saturated heterocycles. The van der Waals surface area contributed by atoms with Crippen molar-refractivity contribution in [2.45, 2.75) is 13.8 Å². The molecule has 0 N–H and O–H groups in total. The third kappa shape index (κ3) is 5.61. The van der Waals surface area contributed by atoms with Crippen LogP contribution in [-0.4, -0.2) is 66.9 Å². The first-order valence-electron chi connectivity index (χ1n) is 11.6. The highest BCUT2D eigenvalue weighted by atomic mass is 16.5. The molecule has 7 heteroatoms. The summed E-state index contributed by atoms with van der Waals surface area (Å²) in [4.78, 5) is 19.0. The predicted molar refractivity (Wildman–Crippen MR) is 132 cm³/mol. The quantitative estimate of drug-likeness (QED) is 0.527. The SMILES string of the molecule is CCN(CC)c1cccc(OCC(=O)N2CCN(c3ccc(-c4ccccc4)nn3)CC2)c1. The summed E-state index contributed by atoms with van der Waals surface area (Å²) in [5.74, 6) is 1.57. The van der Waals surface area contributed by atoms with Crippen molar-refractivity contribution in [3.63, 3.8) is 0 Å². The van der Waals surface area contributed by atoms with Gasteiger partial charge >= 0.3 is 0 Å². The molecule has 0 spiro atoms. The molecule has 0 unspecified atom stereocenters. The highest BCUT2D eigenvalue weighted by Gasteiger charge is 2.22. The summed E-state index contributed by atoms with van der Waals surface area (Å²) in [5.41, 5.74) is 3.02. The van der Waals surface area contributed by atoms with Gasteiger partial charge in [0.25, 0.3) is 5.91 Å². The van der Waals surface area contributed by atoms with Gasteiger partial charge in [-0.15, -0.1) is 10.2 Å². The van der Waals surface area contributed by atoms with E-state index in [-0.39, 0.29) is 12.5 Å². The molecule has 7 nitrogen and oxygen atoms in total. The van der Waals surface area contributed by atoms with E-state index in [9.17, 15) is 4.79 Å². The van der Waals surface area contributed by atoms with Crippen molar-refractivity contribution in [2.75, 3.05) is 55.7 Å². The maximum Gasteiger partial charge on any atom is 0.260 e. The minimum absolute atomic E-state index is 0.00778. The van der Waals surface area contributed by atoms with Gasteiger partial charge in [-0.1, -0.05) is 36.4 Å². The second-order valence-electron chi connectivity index (χ2n) is 7.97. The molecule has 0 aliphatic carbocycles. The zero-order valence-electron chi connectivity index (χ0n) is 19.4. The van der Waals surface area contributed by atoms with Gasteiger partial charge in [0.05, 0.1) is 5.69 Å². The summed E-state index contributed by atoms with van der Waals surface area (Å²) in [6.45, 7) is 8.91. The summed E-state index contributed by atoms with van der Waals surface area (Å²) in [6.07, 6.45) is 0. The largest absolute Gasteiger partial charge is 0.484 e. The molecule has 0 atom stereocenters. The molecule has 172 valence electrons. The van der Waals surface area contributed by atoms with E-state index in [1.54, 1.807) is 0 Å². The van der Waals surface area contributed by atoms with Gasteiger partial charge in [0.1, 0.15) is 5.75 Å². The summed E-state index contributed by atoms with van der Waals surface area (Å²) in [5, 5.41) is 8.78. The van der Waals surface area contributed by atoms with Crippen LogP contribution >= 0.6 is 0 Å². The Morgan fingerprint density at radius 3 is 2.33 bits per heavy atom. The van der Waals surface area contributed by atoms with Crippen molar-refractivity contribution in [2.24, 2.45) is 0 Å². The van der Waals surface area contributed by atoms with Gasteiger partial charge in [-0.05, 0) is 38.1 Å². The number of carbonyl (C=O) groups excluding carboxylic acids is 1. The van der Waals surface area contributed by atoms with E-state index in [4.69, 9.17) is 4.74 Å². The van der Waals surface area contributed by atoms with Crippen LogP contribution in [0.15, 0.2) is 66.7 Å². The summed E-state index contributed by atoms with van der Waals surface area (Å²) in [7, 11) is 0. The Morgan fingerprint density at radius 1 is 0.909 bits per heavy atom. The first-order chi connectivity index (χ1) is 16.2. The zero-order valence-corrected chi connectivity index (χ0v) is 19.4. The fourth-order valence-electron chi connectivity index (χ4n) is 4.04. The van der Waals surface area contributed by atoms with E-state index in [2.05, 4.69) is 39.9 Å². The van der Waals surface area contributed by atoms with Crippen LogP contribution in [-0.2, 0) is 4.79 Å². The first-order valence-corrected chi connectivity index (χ1v) is 11.6. The van der Waals surface area contributed by atoms with Crippen LogP contribution in [0.1, 0.15) is 13.8 Å². The molecule has 2 heterocycles. The molecule has 1 fully saturated rings.